The number of benzene rings is 2. The van der Waals surface area contributed by atoms with E-state index in [0.717, 1.165) is 15.2 Å². The Morgan fingerprint density at radius 3 is 2.40 bits per heavy atom. The van der Waals surface area contributed by atoms with Crippen molar-refractivity contribution >= 4 is 39.1 Å². The Balaban J connectivity index is 1.97. The van der Waals surface area contributed by atoms with Gasteiger partial charge in [-0.3, -0.25) is 9.59 Å². The van der Waals surface area contributed by atoms with Gasteiger partial charge in [-0.05, 0) is 48.5 Å². The van der Waals surface area contributed by atoms with E-state index in [9.17, 15) is 14.7 Å². The van der Waals surface area contributed by atoms with E-state index < -0.39 is 17.2 Å². The summed E-state index contributed by atoms with van der Waals surface area (Å²) in [4.78, 5) is 24.5. The number of aromatic hydroxyl groups is 1. The van der Waals surface area contributed by atoms with E-state index in [1.807, 2.05) is 0 Å². The van der Waals surface area contributed by atoms with E-state index in [4.69, 9.17) is 11.6 Å². The van der Waals surface area contributed by atoms with E-state index >= 15 is 0 Å². The van der Waals surface area contributed by atoms with Crippen LogP contribution in [0.25, 0.3) is 5.69 Å². The highest BCUT2D eigenvalue weighted by Crippen LogP contribution is 2.18. The van der Waals surface area contributed by atoms with Crippen LogP contribution in [0.2, 0.25) is 5.02 Å². The van der Waals surface area contributed by atoms with E-state index in [2.05, 4.69) is 26.3 Å². The van der Waals surface area contributed by atoms with Crippen molar-refractivity contribution < 1.29 is 9.90 Å². The SMILES string of the molecule is O=C(Nc1ccc(Cl)cc1)c1nn(-c2ccc(Br)cc2)c(=O)cc1O. The van der Waals surface area contributed by atoms with Crippen LogP contribution in [0.1, 0.15) is 10.5 Å². The van der Waals surface area contributed by atoms with Gasteiger partial charge >= 0.3 is 0 Å². The Hall–Kier alpha value is -2.64. The Labute approximate surface area is 155 Å². The second-order valence-corrected chi connectivity index (χ2v) is 6.42. The quantitative estimate of drug-likeness (QED) is 0.678. The third-order valence-electron chi connectivity index (χ3n) is 3.30. The fourth-order valence-corrected chi connectivity index (χ4v) is 2.49. The molecule has 2 aromatic carbocycles. The van der Waals surface area contributed by atoms with Crippen molar-refractivity contribution in [3.05, 3.63) is 80.1 Å². The van der Waals surface area contributed by atoms with Crippen molar-refractivity contribution in [2.24, 2.45) is 0 Å². The molecule has 0 unspecified atom stereocenters. The van der Waals surface area contributed by atoms with Gasteiger partial charge in [0.25, 0.3) is 11.5 Å². The number of hydrogen-bond acceptors (Lipinski definition) is 4. The van der Waals surface area contributed by atoms with E-state index in [0.29, 0.717) is 16.4 Å². The summed E-state index contributed by atoms with van der Waals surface area (Å²) in [7, 11) is 0. The number of carbonyl (C=O) groups is 1. The van der Waals surface area contributed by atoms with Crippen molar-refractivity contribution in [3.8, 4) is 11.4 Å². The summed E-state index contributed by atoms with van der Waals surface area (Å²) in [5.41, 5.74) is 0.131. The van der Waals surface area contributed by atoms with Crippen LogP contribution in [0, 0.1) is 0 Å². The highest BCUT2D eigenvalue weighted by molar-refractivity contribution is 9.10. The van der Waals surface area contributed by atoms with Gasteiger partial charge in [0, 0.05) is 21.2 Å². The number of aromatic nitrogens is 2. The lowest BCUT2D eigenvalue weighted by atomic mass is 10.3. The Kier molecular flexibility index (Phi) is 4.87. The van der Waals surface area contributed by atoms with Gasteiger partial charge in [-0.15, -0.1) is 0 Å². The summed E-state index contributed by atoms with van der Waals surface area (Å²) in [5, 5.41) is 17.0. The molecule has 0 aliphatic carbocycles. The lowest BCUT2D eigenvalue weighted by Gasteiger charge is -2.09. The van der Waals surface area contributed by atoms with Crippen LogP contribution in [-0.2, 0) is 0 Å². The Morgan fingerprint density at radius 2 is 1.76 bits per heavy atom. The summed E-state index contributed by atoms with van der Waals surface area (Å²) in [6.07, 6.45) is 0. The minimum absolute atomic E-state index is 0.266. The molecule has 1 amide bonds. The van der Waals surface area contributed by atoms with Crippen LogP contribution < -0.4 is 10.9 Å². The fourth-order valence-electron chi connectivity index (χ4n) is 2.10. The molecule has 0 bridgehead atoms. The van der Waals surface area contributed by atoms with Gasteiger partial charge in [0.05, 0.1) is 5.69 Å². The fraction of sp³-hybridized carbons (Fsp3) is 0. The number of halogens is 2. The molecular weight excluding hydrogens is 410 g/mol. The summed E-state index contributed by atoms with van der Waals surface area (Å²) < 4.78 is 1.88. The van der Waals surface area contributed by atoms with Crippen LogP contribution in [-0.4, -0.2) is 20.8 Å². The van der Waals surface area contributed by atoms with Gasteiger partial charge in [0.2, 0.25) is 0 Å². The van der Waals surface area contributed by atoms with Crippen molar-refractivity contribution in [3.63, 3.8) is 0 Å². The Bertz CT molecular complexity index is 986. The molecule has 0 saturated carbocycles. The van der Waals surface area contributed by atoms with Crippen molar-refractivity contribution in [1.82, 2.24) is 9.78 Å². The van der Waals surface area contributed by atoms with Crippen LogP contribution in [0.4, 0.5) is 5.69 Å². The maximum Gasteiger partial charge on any atom is 0.279 e. The molecule has 0 saturated heterocycles. The van der Waals surface area contributed by atoms with Crippen LogP contribution in [0.5, 0.6) is 5.75 Å². The molecule has 0 spiro atoms. The lowest BCUT2D eigenvalue weighted by molar-refractivity contribution is 0.101. The number of nitrogens with zero attached hydrogens (tertiary/aromatic N) is 2. The minimum Gasteiger partial charge on any atom is -0.505 e. The topological polar surface area (TPSA) is 84.2 Å². The maximum absolute atomic E-state index is 12.4. The van der Waals surface area contributed by atoms with Gasteiger partial charge in [-0.25, -0.2) is 0 Å². The molecule has 2 N–H and O–H groups in total. The zero-order chi connectivity index (χ0) is 18.0. The molecule has 0 radical (unpaired) electrons. The molecule has 3 aromatic rings. The van der Waals surface area contributed by atoms with Crippen LogP contribution in [0.3, 0.4) is 0 Å². The second kappa shape index (κ2) is 7.08. The molecule has 1 aromatic heterocycles. The van der Waals surface area contributed by atoms with Gasteiger partial charge in [-0.1, -0.05) is 27.5 Å². The molecule has 0 fully saturated rings. The lowest BCUT2D eigenvalue weighted by Crippen LogP contribution is -2.25. The monoisotopic (exact) mass is 419 g/mol. The zero-order valence-electron chi connectivity index (χ0n) is 12.6. The van der Waals surface area contributed by atoms with E-state index in [1.54, 1.807) is 48.5 Å². The average Bonchev–Trinajstić information content (AvgIpc) is 2.58. The summed E-state index contributed by atoms with van der Waals surface area (Å²) in [6, 6.07) is 14.2. The normalized spacial score (nSPS) is 10.5. The highest BCUT2D eigenvalue weighted by atomic mass is 79.9. The van der Waals surface area contributed by atoms with Gasteiger partial charge < -0.3 is 10.4 Å². The molecule has 6 nitrogen and oxygen atoms in total. The molecule has 3 rings (SSSR count). The summed E-state index contributed by atoms with van der Waals surface area (Å²) >= 11 is 9.11. The number of hydrogen-bond donors (Lipinski definition) is 2. The number of carbonyl (C=O) groups excluding carboxylic acids is 1. The Morgan fingerprint density at radius 1 is 1.12 bits per heavy atom. The van der Waals surface area contributed by atoms with Gasteiger partial charge in [-0.2, -0.15) is 9.78 Å². The molecular formula is C17H11BrClN3O3. The molecule has 0 atom stereocenters. The molecule has 25 heavy (non-hydrogen) atoms. The summed E-state index contributed by atoms with van der Waals surface area (Å²) in [6.45, 7) is 0. The summed E-state index contributed by atoms with van der Waals surface area (Å²) in [5.74, 6) is -1.14. The predicted molar refractivity (Wildman–Crippen MR) is 98.6 cm³/mol. The third-order valence-corrected chi connectivity index (χ3v) is 4.08. The largest absolute Gasteiger partial charge is 0.505 e. The first-order valence-corrected chi connectivity index (χ1v) is 8.27. The number of nitrogens with one attached hydrogen (secondary N) is 1. The second-order valence-electron chi connectivity index (χ2n) is 5.07. The van der Waals surface area contributed by atoms with Crippen molar-refractivity contribution in [2.45, 2.75) is 0 Å². The van der Waals surface area contributed by atoms with Crippen molar-refractivity contribution in [2.75, 3.05) is 5.32 Å². The van der Waals surface area contributed by atoms with Crippen LogP contribution >= 0.6 is 27.5 Å². The van der Waals surface area contributed by atoms with Crippen LogP contribution in [0.15, 0.2) is 63.9 Å². The molecule has 0 aliphatic rings. The van der Waals surface area contributed by atoms with E-state index in [-0.39, 0.29) is 5.69 Å². The smallest absolute Gasteiger partial charge is 0.279 e. The van der Waals surface area contributed by atoms with Gasteiger partial charge in [0.1, 0.15) is 0 Å². The number of amides is 1. The number of rotatable bonds is 3. The minimum atomic E-state index is -0.648. The first-order valence-electron chi connectivity index (χ1n) is 7.10. The average molecular weight is 421 g/mol. The van der Waals surface area contributed by atoms with Crippen molar-refractivity contribution in [1.29, 1.82) is 0 Å². The van der Waals surface area contributed by atoms with E-state index in [1.165, 1.54) is 0 Å². The third kappa shape index (κ3) is 3.89. The van der Waals surface area contributed by atoms with Gasteiger partial charge in [0.15, 0.2) is 11.4 Å². The zero-order valence-corrected chi connectivity index (χ0v) is 15.0. The predicted octanol–water partition coefficient (Wildman–Crippen LogP) is 3.61. The highest BCUT2D eigenvalue weighted by Gasteiger charge is 2.17. The molecule has 8 heteroatoms. The maximum atomic E-state index is 12.4. The first kappa shape index (κ1) is 17.2. The first-order chi connectivity index (χ1) is 11.9. The number of anilines is 1. The molecule has 0 aliphatic heterocycles. The molecule has 126 valence electrons. The standard InChI is InChI=1S/C17H11BrClN3O3/c18-10-1-7-13(8-2-10)22-15(24)9-14(23)16(21-22)17(25)20-12-5-3-11(19)4-6-12/h1-9,23H,(H,20,25). The molecule has 1 heterocycles.